The Bertz CT molecular complexity index is 774. The van der Waals surface area contributed by atoms with Gasteiger partial charge in [0, 0.05) is 43.3 Å². The maximum atomic E-state index is 12.6. The predicted molar refractivity (Wildman–Crippen MR) is 102 cm³/mol. The molecule has 27 heavy (non-hydrogen) atoms. The second-order valence-corrected chi connectivity index (χ2v) is 6.93. The van der Waals surface area contributed by atoms with Gasteiger partial charge in [0.15, 0.2) is 0 Å². The van der Waals surface area contributed by atoms with Crippen molar-refractivity contribution in [2.75, 3.05) is 31.1 Å². The van der Waals surface area contributed by atoms with Gasteiger partial charge in [-0.05, 0) is 25.1 Å². The summed E-state index contributed by atoms with van der Waals surface area (Å²) in [5.41, 5.74) is 1.06. The van der Waals surface area contributed by atoms with Crippen molar-refractivity contribution in [1.29, 1.82) is 0 Å². The summed E-state index contributed by atoms with van der Waals surface area (Å²) in [6.45, 7) is 4.86. The van der Waals surface area contributed by atoms with Crippen LogP contribution in [0.1, 0.15) is 13.3 Å². The molecule has 0 bridgehead atoms. The Morgan fingerprint density at radius 1 is 1.26 bits per heavy atom. The smallest absolute Gasteiger partial charge is 0.244 e. The Labute approximate surface area is 163 Å². The fraction of sp³-hybridized carbons (Fsp3) is 0.444. The third-order valence-electron chi connectivity index (χ3n) is 4.55. The van der Waals surface area contributed by atoms with E-state index in [4.69, 9.17) is 11.6 Å². The minimum atomic E-state index is -0.550. The first-order chi connectivity index (χ1) is 13.0. The summed E-state index contributed by atoms with van der Waals surface area (Å²) in [5.74, 6) is -0.237. The number of anilines is 1. The van der Waals surface area contributed by atoms with Crippen LogP contribution in [0.5, 0.6) is 0 Å². The number of nitrogens with one attached hydrogen (secondary N) is 1. The van der Waals surface area contributed by atoms with Gasteiger partial charge in [0.25, 0.3) is 0 Å². The Balaban J connectivity index is 1.44. The molecule has 1 aliphatic heterocycles. The lowest BCUT2D eigenvalue weighted by atomic mass is 10.2. The molecule has 0 radical (unpaired) electrons. The van der Waals surface area contributed by atoms with Crippen molar-refractivity contribution in [3.05, 3.63) is 41.9 Å². The van der Waals surface area contributed by atoms with Crippen LogP contribution in [0.3, 0.4) is 0 Å². The number of aromatic nitrogens is 3. The van der Waals surface area contributed by atoms with Gasteiger partial charge in [-0.2, -0.15) is 5.10 Å². The highest BCUT2D eigenvalue weighted by atomic mass is 35.5. The highest BCUT2D eigenvalue weighted by Crippen LogP contribution is 2.20. The molecule has 1 aromatic carbocycles. The number of hydrogen-bond acceptors (Lipinski definition) is 5. The SMILES string of the molecule is C[C@@H](NC(=O)CCn1cncn1)C(=O)N1CCN(c2cccc(Cl)c2)CC1. The molecule has 0 saturated carbocycles. The molecule has 0 aliphatic carbocycles. The molecule has 0 spiro atoms. The molecule has 3 rings (SSSR count). The molecular weight excluding hydrogens is 368 g/mol. The van der Waals surface area contributed by atoms with E-state index in [0.717, 1.165) is 18.8 Å². The van der Waals surface area contributed by atoms with Gasteiger partial charge < -0.3 is 15.1 Å². The quantitative estimate of drug-likeness (QED) is 0.800. The van der Waals surface area contributed by atoms with Gasteiger partial charge >= 0.3 is 0 Å². The van der Waals surface area contributed by atoms with Crippen LogP contribution in [0, 0.1) is 0 Å². The average Bonchev–Trinajstić information content (AvgIpc) is 3.19. The lowest BCUT2D eigenvalue weighted by molar-refractivity contribution is -0.136. The van der Waals surface area contributed by atoms with Crippen molar-refractivity contribution < 1.29 is 9.59 Å². The standard InChI is InChI=1S/C18H23ClN6O2/c1-14(22-17(26)5-6-25-13-20-12-21-25)18(27)24-9-7-23(8-10-24)16-4-2-3-15(19)11-16/h2-4,11-14H,5-10H2,1H3,(H,22,26)/t14-/m1/s1. The third-order valence-corrected chi connectivity index (χ3v) is 4.78. The van der Waals surface area contributed by atoms with E-state index >= 15 is 0 Å². The molecule has 9 heteroatoms. The summed E-state index contributed by atoms with van der Waals surface area (Å²) >= 11 is 6.05. The number of hydrogen-bond donors (Lipinski definition) is 1. The molecule has 2 amide bonds. The molecule has 144 valence electrons. The third kappa shape index (κ3) is 5.19. The van der Waals surface area contributed by atoms with Crippen molar-refractivity contribution in [1.82, 2.24) is 25.0 Å². The second-order valence-electron chi connectivity index (χ2n) is 6.49. The predicted octanol–water partition coefficient (Wildman–Crippen LogP) is 1.18. The number of halogens is 1. The number of rotatable bonds is 6. The number of nitrogens with zero attached hydrogens (tertiary/aromatic N) is 5. The zero-order chi connectivity index (χ0) is 19.2. The van der Waals surface area contributed by atoms with Gasteiger partial charge in [-0.15, -0.1) is 0 Å². The molecule has 1 atom stereocenters. The lowest BCUT2D eigenvalue weighted by Crippen LogP contribution is -2.54. The van der Waals surface area contributed by atoms with Crippen LogP contribution in [-0.4, -0.2) is 63.7 Å². The molecule has 8 nitrogen and oxygen atoms in total. The average molecular weight is 391 g/mol. The topological polar surface area (TPSA) is 83.4 Å². The normalized spacial score (nSPS) is 15.5. The number of amides is 2. The van der Waals surface area contributed by atoms with Gasteiger partial charge in [0.2, 0.25) is 11.8 Å². The van der Waals surface area contributed by atoms with Gasteiger partial charge in [0.05, 0.1) is 6.54 Å². The van der Waals surface area contributed by atoms with Gasteiger partial charge in [-0.1, -0.05) is 17.7 Å². The first-order valence-electron chi connectivity index (χ1n) is 8.94. The first-order valence-corrected chi connectivity index (χ1v) is 9.32. The molecule has 1 aliphatic rings. The van der Waals surface area contributed by atoms with Crippen LogP contribution in [-0.2, 0) is 16.1 Å². The Hall–Kier alpha value is -2.61. The molecule has 2 heterocycles. The zero-order valence-electron chi connectivity index (χ0n) is 15.2. The maximum absolute atomic E-state index is 12.6. The van der Waals surface area contributed by atoms with Crippen LogP contribution in [0.4, 0.5) is 5.69 Å². The minimum Gasteiger partial charge on any atom is -0.368 e. The Kier molecular flexibility index (Phi) is 6.28. The highest BCUT2D eigenvalue weighted by molar-refractivity contribution is 6.30. The van der Waals surface area contributed by atoms with Gasteiger partial charge in [-0.25, -0.2) is 4.98 Å². The summed E-state index contributed by atoms with van der Waals surface area (Å²) in [6.07, 6.45) is 3.23. The summed E-state index contributed by atoms with van der Waals surface area (Å²) in [7, 11) is 0. The lowest BCUT2D eigenvalue weighted by Gasteiger charge is -2.37. The number of carbonyl (C=O) groups excluding carboxylic acids is 2. The maximum Gasteiger partial charge on any atom is 0.244 e. The van der Waals surface area contributed by atoms with Crippen molar-refractivity contribution in [3.8, 4) is 0 Å². The van der Waals surface area contributed by atoms with E-state index in [1.54, 1.807) is 22.8 Å². The molecule has 1 N–H and O–H groups in total. The monoisotopic (exact) mass is 390 g/mol. The van der Waals surface area contributed by atoms with E-state index in [9.17, 15) is 9.59 Å². The van der Waals surface area contributed by atoms with Crippen molar-refractivity contribution >= 4 is 29.1 Å². The molecule has 2 aromatic rings. The summed E-state index contributed by atoms with van der Waals surface area (Å²) in [4.78, 5) is 32.5. The van der Waals surface area contributed by atoms with E-state index < -0.39 is 6.04 Å². The van der Waals surface area contributed by atoms with Crippen LogP contribution >= 0.6 is 11.6 Å². The van der Waals surface area contributed by atoms with Crippen LogP contribution in [0.15, 0.2) is 36.9 Å². The molecule has 1 aromatic heterocycles. The molecular formula is C18H23ClN6O2. The van der Waals surface area contributed by atoms with E-state index in [1.807, 2.05) is 24.3 Å². The first kappa shape index (κ1) is 19.2. The Morgan fingerprint density at radius 2 is 2.04 bits per heavy atom. The molecule has 1 saturated heterocycles. The van der Waals surface area contributed by atoms with E-state index in [2.05, 4.69) is 20.3 Å². The van der Waals surface area contributed by atoms with Crippen LogP contribution in [0.25, 0.3) is 0 Å². The summed E-state index contributed by atoms with van der Waals surface area (Å²) in [6, 6.07) is 7.16. The van der Waals surface area contributed by atoms with Gasteiger partial charge in [-0.3, -0.25) is 14.3 Å². The zero-order valence-corrected chi connectivity index (χ0v) is 16.0. The second kappa shape index (κ2) is 8.85. The van der Waals surface area contributed by atoms with Crippen LogP contribution < -0.4 is 10.2 Å². The van der Waals surface area contributed by atoms with E-state index in [-0.39, 0.29) is 18.2 Å². The largest absolute Gasteiger partial charge is 0.368 e. The number of carbonyl (C=O) groups is 2. The van der Waals surface area contributed by atoms with Gasteiger partial charge in [0.1, 0.15) is 18.7 Å². The van der Waals surface area contributed by atoms with Crippen molar-refractivity contribution in [3.63, 3.8) is 0 Å². The van der Waals surface area contributed by atoms with Crippen LogP contribution in [0.2, 0.25) is 5.02 Å². The van der Waals surface area contributed by atoms with E-state index in [1.165, 1.54) is 6.33 Å². The highest BCUT2D eigenvalue weighted by Gasteiger charge is 2.26. The summed E-state index contributed by atoms with van der Waals surface area (Å²) < 4.78 is 1.58. The minimum absolute atomic E-state index is 0.0603. The fourth-order valence-electron chi connectivity index (χ4n) is 3.07. The summed E-state index contributed by atoms with van der Waals surface area (Å²) in [5, 5.41) is 7.42. The molecule has 0 unspecified atom stereocenters. The number of aryl methyl sites for hydroxylation is 1. The Morgan fingerprint density at radius 3 is 2.70 bits per heavy atom. The van der Waals surface area contributed by atoms with Crippen molar-refractivity contribution in [2.45, 2.75) is 25.9 Å². The number of benzene rings is 1. The molecule has 1 fully saturated rings. The number of piperazine rings is 1. The van der Waals surface area contributed by atoms with E-state index in [0.29, 0.717) is 24.7 Å². The van der Waals surface area contributed by atoms with Crippen molar-refractivity contribution in [2.24, 2.45) is 0 Å². The fourth-order valence-corrected chi connectivity index (χ4v) is 3.26.